The quantitative estimate of drug-likeness (QED) is 0.678. The van der Waals surface area contributed by atoms with Gasteiger partial charge in [-0.1, -0.05) is 46.3 Å². The van der Waals surface area contributed by atoms with Crippen LogP contribution < -0.4 is 10.2 Å². The van der Waals surface area contributed by atoms with Crippen molar-refractivity contribution >= 4 is 33.3 Å². The zero-order valence-corrected chi connectivity index (χ0v) is 15.4. The normalized spacial score (nSPS) is 10.3. The van der Waals surface area contributed by atoms with Crippen molar-refractivity contribution in [3.63, 3.8) is 0 Å². The highest BCUT2D eigenvalue weighted by Gasteiger charge is 2.07. The molecule has 1 aromatic heterocycles. The van der Waals surface area contributed by atoms with Gasteiger partial charge in [0.2, 0.25) is 0 Å². The lowest BCUT2D eigenvalue weighted by atomic mass is 10.2. The average molecular weight is 396 g/mol. The molecule has 0 aliphatic carbocycles. The zero-order valence-electron chi connectivity index (χ0n) is 13.8. The van der Waals surface area contributed by atoms with Gasteiger partial charge in [0.05, 0.1) is 11.9 Å². The molecule has 1 N–H and O–H groups in total. The van der Waals surface area contributed by atoms with Crippen LogP contribution in [0.1, 0.15) is 15.9 Å². The van der Waals surface area contributed by atoms with E-state index >= 15 is 0 Å². The molecule has 1 amide bonds. The van der Waals surface area contributed by atoms with E-state index in [0.717, 1.165) is 16.8 Å². The molecule has 3 aromatic rings. The molecular formula is C20H18BrN3O. The predicted molar refractivity (Wildman–Crippen MR) is 105 cm³/mol. The minimum atomic E-state index is -0.153. The van der Waals surface area contributed by atoms with Gasteiger partial charge in [0.15, 0.2) is 0 Å². The summed E-state index contributed by atoms with van der Waals surface area (Å²) in [4.78, 5) is 18.7. The molecule has 0 fully saturated rings. The molecule has 2 aromatic carbocycles. The van der Waals surface area contributed by atoms with Gasteiger partial charge in [0.25, 0.3) is 5.91 Å². The van der Waals surface area contributed by atoms with Gasteiger partial charge in [-0.2, -0.15) is 0 Å². The molecule has 25 heavy (non-hydrogen) atoms. The Morgan fingerprint density at radius 1 is 1.04 bits per heavy atom. The summed E-state index contributed by atoms with van der Waals surface area (Å²) in [5.74, 6) is 0.699. The number of nitrogens with zero attached hydrogens (tertiary/aromatic N) is 2. The van der Waals surface area contributed by atoms with E-state index in [9.17, 15) is 4.79 Å². The molecule has 0 radical (unpaired) electrons. The van der Waals surface area contributed by atoms with Gasteiger partial charge < -0.3 is 10.2 Å². The van der Waals surface area contributed by atoms with E-state index in [2.05, 4.69) is 43.3 Å². The van der Waals surface area contributed by atoms with E-state index in [-0.39, 0.29) is 5.91 Å². The molecule has 4 nitrogen and oxygen atoms in total. The fourth-order valence-electron chi connectivity index (χ4n) is 2.43. The maximum atomic E-state index is 12.2. The van der Waals surface area contributed by atoms with Crippen LogP contribution >= 0.6 is 15.9 Å². The Hall–Kier alpha value is -2.66. The molecule has 0 aliphatic rings. The first kappa shape index (κ1) is 17.2. The summed E-state index contributed by atoms with van der Waals surface area (Å²) in [6.07, 6.45) is 1.67. The molecule has 0 atom stereocenters. The van der Waals surface area contributed by atoms with Crippen molar-refractivity contribution in [3.8, 4) is 0 Å². The van der Waals surface area contributed by atoms with Gasteiger partial charge in [-0.05, 0) is 42.0 Å². The highest BCUT2D eigenvalue weighted by atomic mass is 79.9. The van der Waals surface area contributed by atoms with Crippen LogP contribution in [-0.4, -0.2) is 17.9 Å². The Morgan fingerprint density at radius 2 is 1.76 bits per heavy atom. The third-order valence-corrected chi connectivity index (χ3v) is 4.29. The number of rotatable bonds is 5. The lowest BCUT2D eigenvalue weighted by Gasteiger charge is -2.18. The van der Waals surface area contributed by atoms with Crippen molar-refractivity contribution in [2.24, 2.45) is 0 Å². The topological polar surface area (TPSA) is 45.2 Å². The highest BCUT2D eigenvalue weighted by Crippen LogP contribution is 2.17. The largest absolute Gasteiger partial charge is 0.355 e. The number of carbonyl (C=O) groups excluding carboxylic acids is 1. The van der Waals surface area contributed by atoms with Crippen LogP contribution in [0.4, 0.5) is 11.5 Å². The summed E-state index contributed by atoms with van der Waals surface area (Å²) in [7, 11) is 2.00. The summed E-state index contributed by atoms with van der Waals surface area (Å²) in [6.45, 7) is 0.776. The summed E-state index contributed by atoms with van der Waals surface area (Å²) in [5.41, 5.74) is 2.50. The molecule has 0 bridgehead atoms. The van der Waals surface area contributed by atoms with Crippen molar-refractivity contribution < 1.29 is 4.79 Å². The lowest BCUT2D eigenvalue weighted by Crippen LogP contribution is -2.18. The Bertz CT molecular complexity index is 833. The molecular weight excluding hydrogens is 378 g/mol. The first-order chi connectivity index (χ1) is 12.1. The SMILES string of the molecule is CN(Cc1ccccc1)c1ccc(NC(=O)c2ccc(Br)cc2)cn1. The van der Waals surface area contributed by atoms with Crippen molar-refractivity contribution in [1.82, 2.24) is 4.98 Å². The Labute approximate surface area is 155 Å². The van der Waals surface area contributed by atoms with Crippen molar-refractivity contribution in [1.29, 1.82) is 0 Å². The number of pyridine rings is 1. The Kier molecular flexibility index (Phi) is 5.46. The third kappa shape index (κ3) is 4.67. The van der Waals surface area contributed by atoms with Gasteiger partial charge in [0, 0.05) is 23.6 Å². The van der Waals surface area contributed by atoms with E-state index in [0.29, 0.717) is 11.3 Å². The van der Waals surface area contributed by atoms with Crippen molar-refractivity contribution in [3.05, 3.63) is 88.5 Å². The molecule has 0 saturated heterocycles. The molecule has 0 aliphatic heterocycles. The number of halogens is 1. The zero-order chi connectivity index (χ0) is 17.6. The first-order valence-corrected chi connectivity index (χ1v) is 8.69. The van der Waals surface area contributed by atoms with E-state index in [1.54, 1.807) is 18.3 Å². The second-order valence-electron chi connectivity index (χ2n) is 5.71. The van der Waals surface area contributed by atoms with E-state index in [4.69, 9.17) is 0 Å². The monoisotopic (exact) mass is 395 g/mol. The summed E-state index contributed by atoms with van der Waals surface area (Å²) < 4.78 is 0.941. The molecule has 0 saturated carbocycles. The number of amides is 1. The smallest absolute Gasteiger partial charge is 0.255 e. The summed E-state index contributed by atoms with van der Waals surface area (Å²) in [5, 5.41) is 2.86. The summed E-state index contributed by atoms with van der Waals surface area (Å²) in [6, 6.07) is 21.2. The molecule has 1 heterocycles. The third-order valence-electron chi connectivity index (χ3n) is 3.77. The minimum absolute atomic E-state index is 0.153. The second kappa shape index (κ2) is 7.94. The molecule has 5 heteroatoms. The first-order valence-electron chi connectivity index (χ1n) is 7.90. The Balaban J connectivity index is 1.63. The van der Waals surface area contributed by atoms with Crippen LogP contribution in [0, 0.1) is 0 Å². The van der Waals surface area contributed by atoms with Gasteiger partial charge in [-0.15, -0.1) is 0 Å². The van der Waals surface area contributed by atoms with E-state index in [1.807, 2.05) is 49.5 Å². The number of hydrogen-bond donors (Lipinski definition) is 1. The lowest BCUT2D eigenvalue weighted by molar-refractivity contribution is 0.102. The molecule has 0 unspecified atom stereocenters. The number of anilines is 2. The van der Waals surface area contributed by atoms with Crippen LogP contribution in [0.15, 0.2) is 77.4 Å². The van der Waals surface area contributed by atoms with Crippen LogP contribution in [0.2, 0.25) is 0 Å². The molecule has 0 spiro atoms. The van der Waals surface area contributed by atoms with Crippen LogP contribution in [0.25, 0.3) is 0 Å². The van der Waals surface area contributed by atoms with Gasteiger partial charge in [0.1, 0.15) is 5.82 Å². The highest BCUT2D eigenvalue weighted by molar-refractivity contribution is 9.10. The standard InChI is InChI=1S/C20H18BrN3O/c1-24(14-15-5-3-2-4-6-15)19-12-11-18(13-22-19)23-20(25)16-7-9-17(21)10-8-16/h2-13H,14H2,1H3,(H,23,25). The molecule has 3 rings (SSSR count). The van der Waals surface area contributed by atoms with Gasteiger partial charge >= 0.3 is 0 Å². The average Bonchev–Trinajstić information content (AvgIpc) is 2.63. The Morgan fingerprint density at radius 3 is 2.40 bits per heavy atom. The summed E-state index contributed by atoms with van der Waals surface area (Å²) >= 11 is 3.36. The number of hydrogen-bond acceptors (Lipinski definition) is 3. The number of carbonyl (C=O) groups is 1. The fraction of sp³-hybridized carbons (Fsp3) is 0.100. The van der Waals surface area contributed by atoms with E-state index in [1.165, 1.54) is 5.56 Å². The maximum Gasteiger partial charge on any atom is 0.255 e. The van der Waals surface area contributed by atoms with E-state index < -0.39 is 0 Å². The van der Waals surface area contributed by atoms with Gasteiger partial charge in [-0.25, -0.2) is 4.98 Å². The minimum Gasteiger partial charge on any atom is -0.355 e. The second-order valence-corrected chi connectivity index (χ2v) is 6.62. The van der Waals surface area contributed by atoms with Gasteiger partial charge in [-0.3, -0.25) is 4.79 Å². The van der Waals surface area contributed by atoms with Crippen LogP contribution in [0.5, 0.6) is 0 Å². The molecule has 126 valence electrons. The number of benzene rings is 2. The van der Waals surface area contributed by atoms with Crippen LogP contribution in [0.3, 0.4) is 0 Å². The number of nitrogens with one attached hydrogen (secondary N) is 1. The van der Waals surface area contributed by atoms with Crippen molar-refractivity contribution in [2.75, 3.05) is 17.3 Å². The maximum absolute atomic E-state index is 12.2. The fourth-order valence-corrected chi connectivity index (χ4v) is 2.69. The van der Waals surface area contributed by atoms with Crippen LogP contribution in [-0.2, 0) is 6.54 Å². The number of aromatic nitrogens is 1. The van der Waals surface area contributed by atoms with Crippen molar-refractivity contribution in [2.45, 2.75) is 6.54 Å². The predicted octanol–water partition coefficient (Wildman–Crippen LogP) is 4.73.